The van der Waals surface area contributed by atoms with Crippen LogP contribution in [0.15, 0.2) is 73.1 Å². The molecule has 1 aliphatic rings. The van der Waals surface area contributed by atoms with Gasteiger partial charge in [-0.05, 0) is 67.8 Å². The van der Waals surface area contributed by atoms with Gasteiger partial charge in [0, 0.05) is 29.4 Å². The third kappa shape index (κ3) is 3.77. The second kappa shape index (κ2) is 8.35. The predicted molar refractivity (Wildman–Crippen MR) is 137 cm³/mol. The van der Waals surface area contributed by atoms with Crippen LogP contribution in [0.2, 0.25) is 0 Å². The van der Waals surface area contributed by atoms with Crippen molar-refractivity contribution >= 4 is 16.6 Å². The second-order valence-electron chi connectivity index (χ2n) is 9.35. The fraction of sp³-hybridized carbons (Fsp3) is 0.241. The van der Waals surface area contributed by atoms with E-state index >= 15 is 0 Å². The molecule has 3 aromatic heterocycles. The molecule has 0 saturated carbocycles. The van der Waals surface area contributed by atoms with Gasteiger partial charge in [-0.15, -0.1) is 0 Å². The van der Waals surface area contributed by atoms with Crippen molar-refractivity contribution in [2.45, 2.75) is 32.9 Å². The van der Waals surface area contributed by atoms with Crippen molar-refractivity contribution in [3.8, 4) is 22.4 Å². The lowest BCUT2D eigenvalue weighted by Crippen LogP contribution is -2.39. The van der Waals surface area contributed by atoms with Gasteiger partial charge in [0.1, 0.15) is 5.65 Å². The van der Waals surface area contributed by atoms with Crippen molar-refractivity contribution in [1.29, 1.82) is 0 Å². The number of hydrogen-bond acceptors (Lipinski definition) is 4. The number of aryl methyl sites for hydroxylation is 2. The van der Waals surface area contributed by atoms with Crippen LogP contribution in [0.1, 0.15) is 29.8 Å². The summed E-state index contributed by atoms with van der Waals surface area (Å²) in [5, 5.41) is 4.72. The summed E-state index contributed by atoms with van der Waals surface area (Å²) >= 11 is 0. The van der Waals surface area contributed by atoms with Gasteiger partial charge in [0.2, 0.25) is 0 Å². The highest BCUT2D eigenvalue weighted by Gasteiger charge is 2.19. The average molecular weight is 449 g/mol. The highest BCUT2D eigenvalue weighted by molar-refractivity contribution is 5.94. The lowest BCUT2D eigenvalue weighted by Gasteiger charge is -2.28. The molecule has 0 aliphatic carbocycles. The first kappa shape index (κ1) is 21.0. The first-order chi connectivity index (χ1) is 16.5. The number of hydrogen-bond donors (Lipinski definition) is 1. The lowest BCUT2D eigenvalue weighted by molar-refractivity contribution is 0.0149. The van der Waals surface area contributed by atoms with E-state index in [1.165, 1.54) is 16.7 Å². The number of nitrogens with zero attached hydrogens (tertiary/aromatic N) is 3. The number of benzene rings is 2. The van der Waals surface area contributed by atoms with E-state index in [-0.39, 0.29) is 12.1 Å². The Balaban J connectivity index is 1.35. The highest BCUT2D eigenvalue weighted by atomic mass is 16.5. The van der Waals surface area contributed by atoms with E-state index in [9.17, 15) is 0 Å². The van der Waals surface area contributed by atoms with Gasteiger partial charge in [0.15, 0.2) is 0 Å². The zero-order chi connectivity index (χ0) is 23.2. The number of imidazole rings is 1. The zero-order valence-electron chi connectivity index (χ0n) is 19.7. The highest BCUT2D eigenvalue weighted by Crippen LogP contribution is 2.31. The molecule has 0 radical (unpaired) electrons. The van der Waals surface area contributed by atoms with E-state index in [2.05, 4.69) is 90.4 Å². The van der Waals surface area contributed by atoms with Crippen LogP contribution < -0.4 is 5.32 Å². The molecule has 0 spiro atoms. The number of fused-ring (bicyclic) bond motifs is 2. The average Bonchev–Trinajstić information content (AvgIpc) is 3.27. The SMILES string of the molecule is Cc1ccc2nc(C)cc(-c3cnc4cc(-c5ccc(C6COC(C)CN6)cc5)ccn34)c2c1. The lowest BCUT2D eigenvalue weighted by atomic mass is 10.0. The molecule has 2 unspecified atom stereocenters. The van der Waals surface area contributed by atoms with Crippen molar-refractivity contribution in [3.05, 3.63) is 89.9 Å². The first-order valence-electron chi connectivity index (χ1n) is 11.9. The molecule has 5 nitrogen and oxygen atoms in total. The molecule has 1 saturated heterocycles. The molecule has 5 aromatic rings. The minimum Gasteiger partial charge on any atom is -0.375 e. The Morgan fingerprint density at radius 3 is 2.62 bits per heavy atom. The summed E-state index contributed by atoms with van der Waals surface area (Å²) in [5.74, 6) is 0. The molecule has 1 N–H and O–H groups in total. The number of aromatic nitrogens is 3. The van der Waals surface area contributed by atoms with E-state index in [0.29, 0.717) is 6.61 Å². The Labute approximate surface area is 199 Å². The largest absolute Gasteiger partial charge is 0.375 e. The molecule has 2 atom stereocenters. The topological polar surface area (TPSA) is 51.5 Å². The van der Waals surface area contributed by atoms with Crippen LogP contribution in [0, 0.1) is 13.8 Å². The molecule has 1 fully saturated rings. The predicted octanol–water partition coefficient (Wildman–Crippen LogP) is 5.88. The van der Waals surface area contributed by atoms with Crippen molar-refractivity contribution < 1.29 is 4.74 Å². The molecule has 34 heavy (non-hydrogen) atoms. The number of morpholine rings is 1. The Morgan fingerprint density at radius 1 is 0.971 bits per heavy atom. The molecule has 6 rings (SSSR count). The maximum atomic E-state index is 5.81. The summed E-state index contributed by atoms with van der Waals surface area (Å²) in [6, 6.07) is 21.9. The number of pyridine rings is 2. The third-order valence-corrected chi connectivity index (χ3v) is 6.73. The van der Waals surface area contributed by atoms with Crippen molar-refractivity contribution in [2.24, 2.45) is 0 Å². The van der Waals surface area contributed by atoms with E-state index in [0.717, 1.165) is 45.6 Å². The standard InChI is InChI=1S/C29H28N4O/c1-18-4-9-26-24(12-18)25(13-19(2)32-26)28-16-31-29-14-23(10-11-33(28)29)21-5-7-22(8-6-21)27-17-34-20(3)15-30-27/h4-14,16,20,27,30H,15,17H2,1-3H3. The summed E-state index contributed by atoms with van der Waals surface area (Å²) in [7, 11) is 0. The molecule has 170 valence electrons. The minimum atomic E-state index is 0.255. The van der Waals surface area contributed by atoms with Crippen LogP contribution in [-0.4, -0.2) is 33.6 Å². The number of nitrogens with one attached hydrogen (secondary N) is 1. The summed E-state index contributed by atoms with van der Waals surface area (Å²) in [4.78, 5) is 9.48. The maximum absolute atomic E-state index is 5.81. The minimum absolute atomic E-state index is 0.255. The zero-order valence-corrected chi connectivity index (χ0v) is 19.7. The Kier molecular flexibility index (Phi) is 5.16. The van der Waals surface area contributed by atoms with Gasteiger partial charge in [0.05, 0.1) is 36.2 Å². The van der Waals surface area contributed by atoms with Crippen LogP contribution in [-0.2, 0) is 4.74 Å². The smallest absolute Gasteiger partial charge is 0.137 e. The van der Waals surface area contributed by atoms with Crippen LogP contribution in [0.25, 0.3) is 38.9 Å². The van der Waals surface area contributed by atoms with Gasteiger partial charge < -0.3 is 10.1 Å². The second-order valence-corrected chi connectivity index (χ2v) is 9.35. The maximum Gasteiger partial charge on any atom is 0.137 e. The van der Waals surface area contributed by atoms with E-state index in [4.69, 9.17) is 14.7 Å². The monoisotopic (exact) mass is 448 g/mol. The Hall–Kier alpha value is -3.54. The molecular formula is C29H28N4O. The number of ether oxygens (including phenoxy) is 1. The van der Waals surface area contributed by atoms with Gasteiger partial charge >= 0.3 is 0 Å². The van der Waals surface area contributed by atoms with E-state index in [1.807, 2.05) is 13.1 Å². The molecular weight excluding hydrogens is 420 g/mol. The Bertz CT molecular complexity index is 1490. The molecule has 2 aromatic carbocycles. The molecule has 4 heterocycles. The summed E-state index contributed by atoms with van der Waals surface area (Å²) < 4.78 is 7.98. The normalized spacial score (nSPS) is 18.6. The van der Waals surface area contributed by atoms with Crippen LogP contribution in [0.3, 0.4) is 0 Å². The summed E-state index contributed by atoms with van der Waals surface area (Å²) in [5.41, 5.74) is 10.0. The van der Waals surface area contributed by atoms with Gasteiger partial charge in [-0.25, -0.2) is 4.98 Å². The van der Waals surface area contributed by atoms with Crippen molar-refractivity contribution in [1.82, 2.24) is 19.7 Å². The fourth-order valence-corrected chi connectivity index (χ4v) is 4.85. The summed E-state index contributed by atoms with van der Waals surface area (Å²) in [6.45, 7) is 7.86. The van der Waals surface area contributed by atoms with Crippen LogP contribution in [0.5, 0.6) is 0 Å². The number of rotatable bonds is 3. The molecule has 5 heteroatoms. The molecule has 1 aliphatic heterocycles. The van der Waals surface area contributed by atoms with Gasteiger partial charge in [-0.3, -0.25) is 9.38 Å². The van der Waals surface area contributed by atoms with Crippen molar-refractivity contribution in [2.75, 3.05) is 13.2 Å². The van der Waals surface area contributed by atoms with Gasteiger partial charge in [0.25, 0.3) is 0 Å². The van der Waals surface area contributed by atoms with Gasteiger partial charge in [-0.1, -0.05) is 35.9 Å². The first-order valence-corrected chi connectivity index (χ1v) is 11.9. The van der Waals surface area contributed by atoms with E-state index < -0.39 is 0 Å². The van der Waals surface area contributed by atoms with E-state index in [1.54, 1.807) is 0 Å². The molecule has 0 amide bonds. The van der Waals surface area contributed by atoms with Crippen molar-refractivity contribution in [3.63, 3.8) is 0 Å². The van der Waals surface area contributed by atoms with Crippen LogP contribution in [0.4, 0.5) is 0 Å². The third-order valence-electron chi connectivity index (χ3n) is 6.73. The van der Waals surface area contributed by atoms with Crippen LogP contribution >= 0.6 is 0 Å². The summed E-state index contributed by atoms with van der Waals surface area (Å²) in [6.07, 6.45) is 4.37. The molecule has 0 bridgehead atoms. The quantitative estimate of drug-likeness (QED) is 0.374. The fourth-order valence-electron chi connectivity index (χ4n) is 4.85. The Morgan fingerprint density at radius 2 is 1.82 bits per heavy atom. The van der Waals surface area contributed by atoms with Gasteiger partial charge in [-0.2, -0.15) is 0 Å².